The summed E-state index contributed by atoms with van der Waals surface area (Å²) in [5.74, 6) is 0.671. The van der Waals surface area contributed by atoms with Gasteiger partial charge in [0.1, 0.15) is 24.1 Å². The van der Waals surface area contributed by atoms with E-state index in [1.807, 2.05) is 75.4 Å². The molecule has 1 heterocycles. The van der Waals surface area contributed by atoms with Crippen molar-refractivity contribution in [3.8, 4) is 5.75 Å². The summed E-state index contributed by atoms with van der Waals surface area (Å²) in [6, 6.07) is 17.6. The van der Waals surface area contributed by atoms with Crippen molar-refractivity contribution >= 4 is 12.1 Å². The highest BCUT2D eigenvalue weighted by Gasteiger charge is 2.40. The highest BCUT2D eigenvalue weighted by atomic mass is 16.6. The van der Waals surface area contributed by atoms with Gasteiger partial charge in [0, 0.05) is 0 Å². The smallest absolute Gasteiger partial charge is 0.408 e. The van der Waals surface area contributed by atoms with Crippen LogP contribution in [0.3, 0.4) is 0 Å². The summed E-state index contributed by atoms with van der Waals surface area (Å²) in [4.78, 5) is 25.0. The van der Waals surface area contributed by atoms with Gasteiger partial charge in [-0.1, -0.05) is 56.3 Å². The predicted molar refractivity (Wildman–Crippen MR) is 132 cm³/mol. The van der Waals surface area contributed by atoms with Crippen molar-refractivity contribution in [3.63, 3.8) is 0 Å². The maximum atomic E-state index is 12.6. The van der Waals surface area contributed by atoms with Gasteiger partial charge < -0.3 is 19.5 Å². The van der Waals surface area contributed by atoms with Crippen LogP contribution in [0, 0.1) is 11.8 Å². The SMILES string of the molecule is CC(C)C[C@H](NC(=O)OC(C)(C)C)[C@@H]1C[C@@H](Cc2ccc(OCc3ccccc3)cc2)C(=O)O1. The Labute approximate surface area is 203 Å². The van der Waals surface area contributed by atoms with Crippen molar-refractivity contribution in [3.05, 3.63) is 65.7 Å². The van der Waals surface area contributed by atoms with Crippen molar-refractivity contribution in [1.82, 2.24) is 5.32 Å². The van der Waals surface area contributed by atoms with Crippen molar-refractivity contribution in [2.24, 2.45) is 11.8 Å². The maximum absolute atomic E-state index is 12.6. The van der Waals surface area contributed by atoms with Crippen LogP contribution in [0.4, 0.5) is 4.79 Å². The van der Waals surface area contributed by atoms with E-state index in [9.17, 15) is 9.59 Å². The van der Waals surface area contributed by atoms with Gasteiger partial charge in [-0.15, -0.1) is 0 Å². The van der Waals surface area contributed by atoms with Crippen LogP contribution in [0.1, 0.15) is 58.6 Å². The molecule has 1 amide bonds. The second kappa shape index (κ2) is 11.4. The number of alkyl carbamates (subject to hydrolysis) is 1. The lowest BCUT2D eigenvalue weighted by Gasteiger charge is -2.27. The third-order valence-corrected chi connectivity index (χ3v) is 5.65. The number of esters is 1. The molecule has 1 fully saturated rings. The van der Waals surface area contributed by atoms with E-state index in [2.05, 4.69) is 19.2 Å². The highest BCUT2D eigenvalue weighted by molar-refractivity contribution is 5.75. The molecule has 3 rings (SSSR count). The molecule has 1 aliphatic rings. The van der Waals surface area contributed by atoms with Crippen molar-refractivity contribution in [1.29, 1.82) is 0 Å². The number of amides is 1. The van der Waals surface area contributed by atoms with E-state index >= 15 is 0 Å². The lowest BCUT2D eigenvalue weighted by atomic mass is 9.91. The normalized spacial score (nSPS) is 18.9. The number of rotatable bonds is 9. The summed E-state index contributed by atoms with van der Waals surface area (Å²) >= 11 is 0. The number of benzene rings is 2. The molecule has 0 bridgehead atoms. The van der Waals surface area contributed by atoms with E-state index in [0.29, 0.717) is 31.8 Å². The average Bonchev–Trinajstić information content (AvgIpc) is 3.12. The third kappa shape index (κ3) is 8.08. The van der Waals surface area contributed by atoms with Crippen molar-refractivity contribution in [2.75, 3.05) is 0 Å². The zero-order chi connectivity index (χ0) is 24.7. The number of nitrogens with one attached hydrogen (secondary N) is 1. The van der Waals surface area contributed by atoms with Gasteiger partial charge in [0.2, 0.25) is 0 Å². The lowest BCUT2D eigenvalue weighted by molar-refractivity contribution is -0.145. The van der Waals surface area contributed by atoms with Crippen molar-refractivity contribution < 1.29 is 23.8 Å². The van der Waals surface area contributed by atoms with Crippen LogP contribution < -0.4 is 10.1 Å². The summed E-state index contributed by atoms with van der Waals surface area (Å²) in [7, 11) is 0. The Morgan fingerprint density at radius 3 is 2.35 bits per heavy atom. The van der Waals surface area contributed by atoms with E-state index < -0.39 is 11.7 Å². The fourth-order valence-corrected chi connectivity index (χ4v) is 4.10. The Morgan fingerprint density at radius 1 is 1.06 bits per heavy atom. The van der Waals surface area contributed by atoms with Crippen LogP contribution in [0.5, 0.6) is 5.75 Å². The maximum Gasteiger partial charge on any atom is 0.408 e. The van der Waals surface area contributed by atoms with Gasteiger partial charge in [0.25, 0.3) is 0 Å². The van der Waals surface area contributed by atoms with Crippen LogP contribution in [-0.2, 0) is 27.3 Å². The predicted octanol–water partition coefficient (Wildman–Crippen LogP) is 5.68. The summed E-state index contributed by atoms with van der Waals surface area (Å²) in [6.45, 7) is 10.2. The topological polar surface area (TPSA) is 73.9 Å². The lowest BCUT2D eigenvalue weighted by Crippen LogP contribution is -2.46. The summed E-state index contributed by atoms with van der Waals surface area (Å²) < 4.78 is 17.0. The van der Waals surface area contributed by atoms with Gasteiger partial charge in [-0.2, -0.15) is 0 Å². The van der Waals surface area contributed by atoms with E-state index in [1.54, 1.807) is 0 Å². The quantitative estimate of drug-likeness (QED) is 0.480. The molecule has 1 aliphatic heterocycles. The first-order chi connectivity index (χ1) is 16.1. The third-order valence-electron chi connectivity index (χ3n) is 5.65. The fraction of sp³-hybridized carbons (Fsp3) is 0.500. The zero-order valence-electron chi connectivity index (χ0n) is 20.9. The molecule has 0 aromatic heterocycles. The molecule has 1 N–H and O–H groups in total. The minimum Gasteiger partial charge on any atom is -0.489 e. The molecule has 0 unspecified atom stereocenters. The summed E-state index contributed by atoms with van der Waals surface area (Å²) in [5.41, 5.74) is 1.58. The second-order valence-corrected chi connectivity index (χ2v) is 10.4. The largest absolute Gasteiger partial charge is 0.489 e. The Bertz CT molecular complexity index is 934. The summed E-state index contributed by atoms with van der Waals surface area (Å²) in [5, 5.41) is 2.93. The second-order valence-electron chi connectivity index (χ2n) is 10.4. The first-order valence-electron chi connectivity index (χ1n) is 12.0. The van der Waals surface area contributed by atoms with Crippen LogP contribution in [0.15, 0.2) is 54.6 Å². The van der Waals surface area contributed by atoms with E-state index in [-0.39, 0.29) is 24.0 Å². The standard InChI is InChI=1S/C28H37NO5/c1-19(2)15-24(29-27(31)34-28(3,4)5)25-17-22(26(30)33-25)16-20-11-13-23(14-12-20)32-18-21-9-7-6-8-10-21/h6-14,19,22,24-25H,15-18H2,1-5H3,(H,29,31)/t22-,24+,25+/m1/s1. The van der Waals surface area contributed by atoms with E-state index in [1.165, 1.54) is 0 Å². The van der Waals surface area contributed by atoms with Crippen LogP contribution >= 0.6 is 0 Å². The molecule has 0 radical (unpaired) electrons. The molecule has 184 valence electrons. The van der Waals surface area contributed by atoms with Crippen LogP contribution in [0.25, 0.3) is 0 Å². The molecular formula is C28H37NO5. The van der Waals surface area contributed by atoms with Crippen molar-refractivity contribution in [2.45, 2.75) is 78.2 Å². The molecule has 6 heteroatoms. The summed E-state index contributed by atoms with van der Waals surface area (Å²) in [6.07, 6.45) is 1.02. The van der Waals surface area contributed by atoms with E-state index in [0.717, 1.165) is 16.9 Å². The minimum absolute atomic E-state index is 0.214. The number of hydrogen-bond acceptors (Lipinski definition) is 5. The monoisotopic (exact) mass is 467 g/mol. The molecule has 2 aromatic carbocycles. The fourth-order valence-electron chi connectivity index (χ4n) is 4.10. The Balaban J connectivity index is 1.56. The number of cyclic esters (lactones) is 1. The van der Waals surface area contributed by atoms with Gasteiger partial charge >= 0.3 is 12.1 Å². The molecule has 2 aromatic rings. The molecule has 1 saturated heterocycles. The Kier molecular flexibility index (Phi) is 8.59. The highest BCUT2D eigenvalue weighted by Crippen LogP contribution is 2.29. The molecule has 0 saturated carbocycles. The molecule has 3 atom stereocenters. The average molecular weight is 468 g/mol. The van der Waals surface area contributed by atoms with E-state index in [4.69, 9.17) is 14.2 Å². The Hall–Kier alpha value is -3.02. The van der Waals surface area contributed by atoms with Gasteiger partial charge in [-0.05, 0) is 69.2 Å². The molecule has 0 spiro atoms. The van der Waals surface area contributed by atoms with Crippen LogP contribution in [0.2, 0.25) is 0 Å². The minimum atomic E-state index is -0.585. The first kappa shape index (κ1) is 25.6. The molecular weight excluding hydrogens is 430 g/mol. The van der Waals surface area contributed by atoms with Gasteiger partial charge in [-0.3, -0.25) is 4.79 Å². The first-order valence-corrected chi connectivity index (χ1v) is 12.0. The number of ether oxygens (including phenoxy) is 3. The zero-order valence-corrected chi connectivity index (χ0v) is 20.9. The number of hydrogen-bond donors (Lipinski definition) is 1. The number of carbonyl (C=O) groups is 2. The van der Waals surface area contributed by atoms with Gasteiger partial charge in [-0.25, -0.2) is 4.79 Å². The van der Waals surface area contributed by atoms with Crippen LogP contribution in [-0.4, -0.2) is 29.8 Å². The van der Waals surface area contributed by atoms with Gasteiger partial charge in [0.15, 0.2) is 0 Å². The van der Waals surface area contributed by atoms with Gasteiger partial charge in [0.05, 0.1) is 12.0 Å². The molecule has 6 nitrogen and oxygen atoms in total. The molecule has 0 aliphatic carbocycles. The number of carbonyl (C=O) groups excluding carboxylic acids is 2. The molecule has 34 heavy (non-hydrogen) atoms. The Morgan fingerprint density at radius 2 is 1.74 bits per heavy atom.